The molecule has 5 aliphatic rings. The van der Waals surface area contributed by atoms with Gasteiger partial charge in [0.25, 0.3) is 5.91 Å². The van der Waals surface area contributed by atoms with Crippen LogP contribution >= 0.6 is 34.7 Å². The van der Waals surface area contributed by atoms with E-state index < -0.39 is 47.0 Å². The van der Waals surface area contributed by atoms with Crippen LogP contribution in [0.25, 0.3) is 10.4 Å². The van der Waals surface area contributed by atoms with E-state index in [0.29, 0.717) is 88.4 Å². The average molecular weight is 1100 g/mol. The van der Waals surface area contributed by atoms with Crippen LogP contribution in [0, 0.1) is 23.7 Å². The molecule has 1 aliphatic carbocycles. The maximum atomic E-state index is 14.7. The summed E-state index contributed by atoms with van der Waals surface area (Å²) in [7, 11) is 0. The number of β-amino-alcohol motifs (C(OH)–C–C–N with tert-alkyl or cyclic N) is 1. The van der Waals surface area contributed by atoms with Crippen LogP contribution in [0.15, 0.2) is 58.3 Å². The smallest absolute Gasteiger partial charge is 0.258 e. The number of nitrogens with one attached hydrogen (secondary N) is 2. The molecule has 410 valence electrons. The van der Waals surface area contributed by atoms with Gasteiger partial charge < -0.3 is 45.8 Å². The number of hydrogen-bond donors (Lipinski definition) is 4. The number of anilines is 2. The van der Waals surface area contributed by atoms with Crippen molar-refractivity contribution in [3.63, 3.8) is 0 Å². The Kier molecular flexibility index (Phi) is 17.1. The molecule has 0 radical (unpaired) electrons. The highest BCUT2D eigenvalue weighted by Gasteiger charge is 2.53. The van der Waals surface area contributed by atoms with Crippen LogP contribution in [0.3, 0.4) is 0 Å². The van der Waals surface area contributed by atoms with Crippen molar-refractivity contribution < 1.29 is 33.4 Å². The van der Waals surface area contributed by atoms with Crippen LogP contribution in [-0.2, 0) is 25.7 Å². The van der Waals surface area contributed by atoms with Gasteiger partial charge in [-0.15, -0.1) is 11.3 Å². The monoisotopic (exact) mass is 1100 g/mol. The molecule has 18 nitrogen and oxygen atoms in total. The van der Waals surface area contributed by atoms with Gasteiger partial charge in [-0.1, -0.05) is 63.2 Å². The number of rotatable bonds is 17. The zero-order chi connectivity index (χ0) is 53.9. The number of carbonyl (C=O) groups excluding carboxylic acids is 4. The highest BCUT2D eigenvalue weighted by molar-refractivity contribution is 7.99. The molecule has 76 heavy (non-hydrogen) atoms. The summed E-state index contributed by atoms with van der Waals surface area (Å²) in [5.41, 5.74) is 7.76. The van der Waals surface area contributed by atoms with E-state index in [0.717, 1.165) is 63.4 Å². The summed E-state index contributed by atoms with van der Waals surface area (Å²) in [6.45, 7) is 17.0. The summed E-state index contributed by atoms with van der Waals surface area (Å²) in [6.07, 6.45) is 8.15. The molecule has 0 unspecified atom stereocenters. The highest BCUT2D eigenvalue weighted by atomic mass is 35.5. The number of thiazole rings is 1. The molecule has 3 aromatic heterocycles. The third-order valence-electron chi connectivity index (χ3n) is 15.8. The van der Waals surface area contributed by atoms with Crippen molar-refractivity contribution in [3.8, 4) is 16.2 Å². The number of nitrogens with zero attached hydrogens (tertiary/aromatic N) is 9. The lowest BCUT2D eigenvalue weighted by Crippen LogP contribution is -2.59. The number of aryl methyl sites for hydroxylation is 1. The Morgan fingerprint density at radius 2 is 1.71 bits per heavy atom. The zero-order valence-electron chi connectivity index (χ0n) is 44.2. The third-order valence-corrected chi connectivity index (χ3v) is 18.3. The number of halogens is 2. The van der Waals surface area contributed by atoms with Gasteiger partial charge in [-0.05, 0) is 80.5 Å². The Hall–Kier alpha value is -5.19. The maximum absolute atomic E-state index is 14.7. The standard InChI is InChI=1S/C54H72ClFN12O6S2/c1-34-45(75-33-62-34)36-6-7-37(28-61-48(70)39-27-38(69)31-68(39)50(72)46(52(2,3)4)63-51(73)54(56)11-12-54)40(26-36)74-25-24-64-20-22-67(23-21-64)49(71)35-9-16-66(17-10-35)47-44(55)41(8-15-58-47)76-43-30-59-42(29-60-43)65-18-13-53(5,32-57)14-19-65/h6-8,15,26,29-30,33,35,38-39,46,69H,9-14,16-25,27-28,31-32,57H2,1-5H3,(H,61,70)(H,63,73)/t38-,39+,46-/m1/s1. The first-order valence-corrected chi connectivity index (χ1v) is 28.7. The summed E-state index contributed by atoms with van der Waals surface area (Å²) < 4.78 is 21.2. The van der Waals surface area contributed by atoms with Gasteiger partial charge >= 0.3 is 0 Å². The summed E-state index contributed by atoms with van der Waals surface area (Å²) >= 11 is 10.00. The first-order chi connectivity index (χ1) is 36.3. The second-order valence-electron chi connectivity index (χ2n) is 22.5. The molecular weight excluding hydrogens is 1030 g/mol. The van der Waals surface area contributed by atoms with Gasteiger partial charge in [-0.25, -0.2) is 24.3 Å². The minimum absolute atomic E-state index is 0.0198. The number of aromatic nitrogens is 4. The molecule has 1 aromatic carbocycles. The summed E-state index contributed by atoms with van der Waals surface area (Å²) in [5, 5.41) is 17.6. The van der Waals surface area contributed by atoms with Crippen molar-refractivity contribution in [2.24, 2.45) is 22.5 Å². The van der Waals surface area contributed by atoms with E-state index in [-0.39, 0.29) is 49.6 Å². The predicted octanol–water partition coefficient (Wildman–Crippen LogP) is 5.72. The molecule has 0 spiro atoms. The van der Waals surface area contributed by atoms with Crippen molar-refractivity contribution >= 4 is 70.0 Å². The van der Waals surface area contributed by atoms with Crippen LogP contribution in [0.5, 0.6) is 5.75 Å². The van der Waals surface area contributed by atoms with Gasteiger partial charge in [0.1, 0.15) is 41.1 Å². The molecule has 1 saturated carbocycles. The van der Waals surface area contributed by atoms with E-state index in [9.17, 15) is 28.7 Å². The maximum Gasteiger partial charge on any atom is 0.258 e. The van der Waals surface area contributed by atoms with E-state index in [1.807, 2.05) is 42.3 Å². The molecule has 4 amide bonds. The van der Waals surface area contributed by atoms with Gasteiger partial charge in [-0.2, -0.15) is 0 Å². The number of piperazine rings is 1. The molecule has 3 atom stereocenters. The van der Waals surface area contributed by atoms with Crippen LogP contribution in [0.2, 0.25) is 5.02 Å². The second-order valence-corrected chi connectivity index (χ2v) is 24.8. The van der Waals surface area contributed by atoms with E-state index in [1.54, 1.807) is 38.7 Å². The zero-order valence-corrected chi connectivity index (χ0v) is 46.6. The molecule has 4 aliphatic heterocycles. The fourth-order valence-corrected chi connectivity index (χ4v) is 12.4. The van der Waals surface area contributed by atoms with Gasteiger partial charge in [-0.3, -0.25) is 24.1 Å². The Bertz CT molecular complexity index is 2720. The number of amides is 4. The number of nitrogens with two attached hydrogens (primary N) is 1. The van der Waals surface area contributed by atoms with Crippen LogP contribution in [0.4, 0.5) is 16.0 Å². The number of carbonyl (C=O) groups is 4. The van der Waals surface area contributed by atoms with Gasteiger partial charge in [0.2, 0.25) is 17.7 Å². The summed E-state index contributed by atoms with van der Waals surface area (Å²) in [4.78, 5) is 84.9. The second kappa shape index (κ2) is 23.4. The van der Waals surface area contributed by atoms with Gasteiger partial charge in [0.15, 0.2) is 5.67 Å². The predicted molar refractivity (Wildman–Crippen MR) is 292 cm³/mol. The molecular formula is C54H72ClFN12O6S2. The van der Waals surface area contributed by atoms with Gasteiger partial charge in [0, 0.05) is 101 Å². The Labute approximate surface area is 458 Å². The van der Waals surface area contributed by atoms with Crippen molar-refractivity contribution in [1.82, 2.24) is 45.3 Å². The number of hydrogen-bond acceptors (Lipinski definition) is 16. The number of aliphatic hydroxyl groups excluding tert-OH is 1. The minimum atomic E-state index is -1.98. The Morgan fingerprint density at radius 3 is 2.36 bits per heavy atom. The number of likely N-dealkylation sites (tertiary alicyclic amines) is 1. The lowest BCUT2D eigenvalue weighted by molar-refractivity contribution is -0.145. The fraction of sp³-hybridized carbons (Fsp3) is 0.593. The lowest BCUT2D eigenvalue weighted by atomic mass is 9.80. The SMILES string of the molecule is Cc1ncsc1-c1ccc(CNC(=O)[C@@H]2C[C@@H](O)CN2C(=O)[C@@H](NC(=O)C2(F)CC2)C(C)(C)C)c(OCCN2CCN(C(=O)C3CCN(c4nccc(Sc5cnc(N6CCC(C)(CN)CC6)cn5)c4Cl)CC3)CC2)c1. The van der Waals surface area contributed by atoms with E-state index in [1.165, 1.54) is 28.0 Å². The van der Waals surface area contributed by atoms with Crippen molar-refractivity contribution in [2.45, 2.75) is 120 Å². The van der Waals surface area contributed by atoms with Crippen LogP contribution in [-0.4, -0.2) is 166 Å². The number of piperidine rings is 2. The molecule has 5 fully saturated rings. The number of aliphatic hydroxyl groups is 1. The van der Waals surface area contributed by atoms with Gasteiger partial charge in [0.05, 0.1) is 39.6 Å². The van der Waals surface area contributed by atoms with E-state index in [4.69, 9.17) is 32.0 Å². The molecule has 0 bridgehead atoms. The number of alkyl halides is 1. The van der Waals surface area contributed by atoms with Crippen molar-refractivity contribution in [1.29, 1.82) is 0 Å². The van der Waals surface area contributed by atoms with Crippen molar-refractivity contribution in [2.75, 3.05) is 88.4 Å². The lowest BCUT2D eigenvalue weighted by Gasteiger charge is -2.39. The number of pyridine rings is 1. The van der Waals surface area contributed by atoms with Crippen LogP contribution < -0.4 is 30.9 Å². The Balaban J connectivity index is 0.749. The van der Waals surface area contributed by atoms with Crippen molar-refractivity contribution in [3.05, 3.63) is 64.6 Å². The topological polar surface area (TPSA) is 216 Å². The number of ether oxygens (including phenoxy) is 1. The quantitative estimate of drug-likeness (QED) is 0.0995. The molecule has 4 aromatic rings. The average Bonchev–Trinajstić information content (AvgIpc) is 3.83. The third kappa shape index (κ3) is 12.9. The molecule has 22 heteroatoms. The summed E-state index contributed by atoms with van der Waals surface area (Å²) in [5.74, 6) is 0.437. The minimum Gasteiger partial charge on any atom is -0.492 e. The summed E-state index contributed by atoms with van der Waals surface area (Å²) in [6, 6.07) is 5.63. The largest absolute Gasteiger partial charge is 0.492 e. The van der Waals surface area contributed by atoms with Crippen LogP contribution in [0.1, 0.15) is 83.9 Å². The Morgan fingerprint density at radius 1 is 0.974 bits per heavy atom. The number of benzene rings is 1. The molecule has 9 rings (SSSR count). The van der Waals surface area contributed by atoms with E-state index >= 15 is 0 Å². The fourth-order valence-electron chi connectivity index (χ4n) is 10.5. The normalized spacial score (nSPS) is 21.3. The van der Waals surface area contributed by atoms with E-state index in [2.05, 4.69) is 42.2 Å². The molecule has 7 heterocycles. The highest BCUT2D eigenvalue weighted by Crippen LogP contribution is 2.42. The first kappa shape index (κ1) is 55.6. The molecule has 5 N–H and O–H groups in total. The molecule has 4 saturated heterocycles. The first-order valence-electron chi connectivity index (χ1n) is 26.6.